The van der Waals surface area contributed by atoms with Crippen molar-refractivity contribution in [1.29, 1.82) is 0 Å². The van der Waals surface area contributed by atoms with Gasteiger partial charge in [-0.2, -0.15) is 14.6 Å². The van der Waals surface area contributed by atoms with Gasteiger partial charge in [0.15, 0.2) is 0 Å². The summed E-state index contributed by atoms with van der Waals surface area (Å²) < 4.78 is 1.73. The predicted molar refractivity (Wildman–Crippen MR) is 81.3 cm³/mol. The van der Waals surface area contributed by atoms with Crippen molar-refractivity contribution in [3.63, 3.8) is 0 Å². The summed E-state index contributed by atoms with van der Waals surface area (Å²) >= 11 is 0. The first kappa shape index (κ1) is 12.3. The molecule has 4 rings (SSSR count). The van der Waals surface area contributed by atoms with Gasteiger partial charge in [-0.05, 0) is 36.8 Å². The molecule has 1 aliphatic carbocycles. The van der Waals surface area contributed by atoms with Crippen molar-refractivity contribution < 1.29 is 0 Å². The minimum Gasteiger partial charge on any atom is -0.366 e. The Morgan fingerprint density at radius 3 is 2.81 bits per heavy atom. The zero-order valence-corrected chi connectivity index (χ0v) is 12.0. The molecular formula is C16H17N5. The molecule has 106 valence electrons. The third-order valence-corrected chi connectivity index (χ3v) is 3.88. The number of rotatable bonds is 4. The number of nitrogens with one attached hydrogen (secondary N) is 1. The molecule has 5 nitrogen and oxygen atoms in total. The Hall–Kier alpha value is -2.43. The summed E-state index contributed by atoms with van der Waals surface area (Å²) in [4.78, 5) is 8.47. The number of hydrogen-bond acceptors (Lipinski definition) is 4. The van der Waals surface area contributed by atoms with Gasteiger partial charge in [-0.15, -0.1) is 0 Å². The smallest absolute Gasteiger partial charge is 0.254 e. The van der Waals surface area contributed by atoms with Crippen LogP contribution in [-0.2, 0) is 6.54 Å². The predicted octanol–water partition coefficient (Wildman–Crippen LogP) is 2.92. The van der Waals surface area contributed by atoms with Crippen LogP contribution in [0.2, 0.25) is 0 Å². The Morgan fingerprint density at radius 1 is 1.24 bits per heavy atom. The van der Waals surface area contributed by atoms with E-state index in [1.165, 1.54) is 30.3 Å². The number of anilines is 1. The van der Waals surface area contributed by atoms with E-state index in [1.54, 1.807) is 4.52 Å². The van der Waals surface area contributed by atoms with Gasteiger partial charge in [-0.1, -0.05) is 24.3 Å². The molecule has 1 saturated carbocycles. The van der Waals surface area contributed by atoms with Crippen LogP contribution < -0.4 is 5.32 Å². The molecule has 0 amide bonds. The van der Waals surface area contributed by atoms with E-state index in [-0.39, 0.29) is 0 Å². The SMILES string of the molecule is Cc1cc(NCc2ccc(C3CC3)cc2)n2ncnc2n1. The van der Waals surface area contributed by atoms with Crippen LogP contribution in [-0.4, -0.2) is 19.6 Å². The van der Waals surface area contributed by atoms with E-state index in [0.717, 1.165) is 24.0 Å². The molecule has 1 aliphatic rings. The Kier molecular flexibility index (Phi) is 2.84. The minimum absolute atomic E-state index is 0.626. The molecule has 0 saturated heterocycles. The highest BCUT2D eigenvalue weighted by molar-refractivity contribution is 5.45. The average molecular weight is 279 g/mol. The Bertz CT molecular complexity index is 771. The molecular weight excluding hydrogens is 262 g/mol. The molecule has 1 N–H and O–H groups in total. The van der Waals surface area contributed by atoms with E-state index >= 15 is 0 Å². The molecule has 1 fully saturated rings. The van der Waals surface area contributed by atoms with E-state index in [1.807, 2.05) is 13.0 Å². The molecule has 0 radical (unpaired) electrons. The van der Waals surface area contributed by atoms with E-state index in [0.29, 0.717) is 5.78 Å². The maximum absolute atomic E-state index is 4.34. The first-order chi connectivity index (χ1) is 10.3. The lowest BCUT2D eigenvalue weighted by molar-refractivity contribution is 0.916. The third-order valence-electron chi connectivity index (χ3n) is 3.88. The van der Waals surface area contributed by atoms with Crippen LogP contribution in [0.3, 0.4) is 0 Å². The lowest BCUT2D eigenvalue weighted by Crippen LogP contribution is -2.06. The largest absolute Gasteiger partial charge is 0.366 e. The van der Waals surface area contributed by atoms with Crippen molar-refractivity contribution in [3.8, 4) is 0 Å². The standard InChI is InChI=1S/C16H17N5/c1-11-8-15(21-16(20-11)18-10-19-21)17-9-12-2-4-13(5-3-12)14-6-7-14/h2-5,8,10,14,17H,6-7,9H2,1H3. The van der Waals surface area contributed by atoms with Gasteiger partial charge < -0.3 is 5.32 Å². The van der Waals surface area contributed by atoms with E-state index in [9.17, 15) is 0 Å². The fourth-order valence-corrected chi connectivity index (χ4v) is 2.57. The molecule has 0 aliphatic heterocycles. The van der Waals surface area contributed by atoms with Crippen LogP contribution in [0.5, 0.6) is 0 Å². The number of aromatic nitrogens is 4. The highest BCUT2D eigenvalue weighted by Crippen LogP contribution is 2.39. The van der Waals surface area contributed by atoms with Crippen LogP contribution in [0.25, 0.3) is 5.78 Å². The van der Waals surface area contributed by atoms with Gasteiger partial charge in [0.2, 0.25) is 0 Å². The maximum Gasteiger partial charge on any atom is 0.254 e. The number of aryl methyl sites for hydroxylation is 1. The molecule has 2 aromatic heterocycles. The first-order valence-electron chi connectivity index (χ1n) is 7.30. The van der Waals surface area contributed by atoms with Gasteiger partial charge in [0.25, 0.3) is 5.78 Å². The van der Waals surface area contributed by atoms with Crippen molar-refractivity contribution in [1.82, 2.24) is 19.6 Å². The quantitative estimate of drug-likeness (QED) is 0.798. The second kappa shape index (κ2) is 4.84. The highest BCUT2D eigenvalue weighted by atomic mass is 15.3. The first-order valence-corrected chi connectivity index (χ1v) is 7.30. The van der Waals surface area contributed by atoms with E-state index in [4.69, 9.17) is 0 Å². The molecule has 0 spiro atoms. The number of hydrogen-bond donors (Lipinski definition) is 1. The topological polar surface area (TPSA) is 55.1 Å². The maximum atomic E-state index is 4.34. The molecule has 0 unspecified atom stereocenters. The summed E-state index contributed by atoms with van der Waals surface area (Å²) in [7, 11) is 0. The molecule has 21 heavy (non-hydrogen) atoms. The summed E-state index contributed by atoms with van der Waals surface area (Å²) in [5.74, 6) is 2.35. The third kappa shape index (κ3) is 2.46. The lowest BCUT2D eigenvalue weighted by atomic mass is 10.1. The monoisotopic (exact) mass is 279 g/mol. The molecule has 0 bridgehead atoms. The normalized spacial score (nSPS) is 14.5. The molecule has 3 aromatic rings. The molecule has 1 aromatic carbocycles. The minimum atomic E-state index is 0.626. The van der Waals surface area contributed by atoms with E-state index in [2.05, 4.69) is 44.6 Å². The summed E-state index contributed by atoms with van der Waals surface area (Å²) in [6, 6.07) is 10.9. The van der Waals surface area contributed by atoms with Crippen molar-refractivity contribution in [2.75, 3.05) is 5.32 Å². The second-order valence-corrected chi connectivity index (χ2v) is 5.62. The van der Waals surface area contributed by atoms with Crippen LogP contribution in [0.15, 0.2) is 36.7 Å². The summed E-state index contributed by atoms with van der Waals surface area (Å²) in [5.41, 5.74) is 3.67. The van der Waals surface area contributed by atoms with Crippen molar-refractivity contribution >= 4 is 11.6 Å². The summed E-state index contributed by atoms with van der Waals surface area (Å²) in [6.45, 7) is 2.73. The zero-order chi connectivity index (χ0) is 14.2. The fourth-order valence-electron chi connectivity index (χ4n) is 2.57. The Morgan fingerprint density at radius 2 is 2.05 bits per heavy atom. The van der Waals surface area contributed by atoms with Gasteiger partial charge in [0.1, 0.15) is 12.1 Å². The van der Waals surface area contributed by atoms with E-state index < -0.39 is 0 Å². The van der Waals surface area contributed by atoms with Crippen LogP contribution in [0, 0.1) is 6.92 Å². The summed E-state index contributed by atoms with van der Waals surface area (Å²) in [6.07, 6.45) is 4.22. The average Bonchev–Trinajstić information content (AvgIpc) is 3.24. The van der Waals surface area contributed by atoms with Gasteiger partial charge in [-0.25, -0.2) is 4.98 Å². The van der Waals surface area contributed by atoms with Crippen molar-refractivity contribution in [3.05, 3.63) is 53.5 Å². The molecule has 0 atom stereocenters. The number of benzene rings is 1. The van der Waals surface area contributed by atoms with Gasteiger partial charge in [0.05, 0.1) is 0 Å². The highest BCUT2D eigenvalue weighted by Gasteiger charge is 2.22. The Balaban J connectivity index is 1.53. The number of fused-ring (bicyclic) bond motifs is 1. The number of nitrogens with zero attached hydrogens (tertiary/aromatic N) is 4. The van der Waals surface area contributed by atoms with Crippen LogP contribution in [0.1, 0.15) is 35.6 Å². The molecule has 5 heteroatoms. The van der Waals surface area contributed by atoms with Gasteiger partial charge >= 0.3 is 0 Å². The fraction of sp³-hybridized carbons (Fsp3) is 0.312. The van der Waals surface area contributed by atoms with Gasteiger partial charge in [0, 0.05) is 18.3 Å². The van der Waals surface area contributed by atoms with Crippen LogP contribution in [0.4, 0.5) is 5.82 Å². The van der Waals surface area contributed by atoms with Crippen LogP contribution >= 0.6 is 0 Å². The van der Waals surface area contributed by atoms with Gasteiger partial charge in [-0.3, -0.25) is 0 Å². The summed E-state index contributed by atoms with van der Waals surface area (Å²) in [5, 5.41) is 7.61. The Labute approximate surface area is 123 Å². The van der Waals surface area contributed by atoms with Crippen molar-refractivity contribution in [2.45, 2.75) is 32.2 Å². The lowest BCUT2D eigenvalue weighted by Gasteiger charge is -2.09. The van der Waals surface area contributed by atoms with Crippen molar-refractivity contribution in [2.24, 2.45) is 0 Å². The second-order valence-electron chi connectivity index (χ2n) is 5.62. The molecule has 2 heterocycles. The zero-order valence-electron chi connectivity index (χ0n) is 12.0.